The first-order chi connectivity index (χ1) is 13.0. The fourth-order valence-corrected chi connectivity index (χ4v) is 3.43. The summed E-state index contributed by atoms with van der Waals surface area (Å²) >= 11 is 1.48. The number of furan rings is 1. The average molecular weight is 383 g/mol. The summed E-state index contributed by atoms with van der Waals surface area (Å²) in [5.41, 5.74) is 2.77. The van der Waals surface area contributed by atoms with E-state index >= 15 is 0 Å². The summed E-state index contributed by atoms with van der Waals surface area (Å²) in [7, 11) is 1.61. The van der Waals surface area contributed by atoms with E-state index in [1.807, 2.05) is 44.2 Å². The molecule has 140 valence electrons. The second kappa shape index (κ2) is 8.73. The molecule has 6 nitrogen and oxygen atoms in total. The van der Waals surface area contributed by atoms with Crippen molar-refractivity contribution in [1.82, 2.24) is 15.3 Å². The maximum Gasteiger partial charge on any atom is 0.287 e. The van der Waals surface area contributed by atoms with Crippen molar-refractivity contribution in [3.05, 3.63) is 70.9 Å². The van der Waals surface area contributed by atoms with Crippen LogP contribution in [0.25, 0.3) is 0 Å². The Kier molecular flexibility index (Phi) is 6.13. The number of aryl methyl sites for hydroxylation is 2. The second-order valence-electron chi connectivity index (χ2n) is 5.98. The standard InChI is InChI=1S/C20H21N3O3S/c1-13-10-14(2)23-20(22-13)27-12-16-8-9-18(26-16)19(24)21-11-15-6-4-5-7-17(15)25-3/h4-10H,11-12H2,1-3H3,(H,21,24). The maximum atomic E-state index is 12.3. The molecule has 7 heteroatoms. The molecule has 3 aromatic rings. The Balaban J connectivity index is 1.57. The van der Waals surface area contributed by atoms with Crippen molar-refractivity contribution in [2.45, 2.75) is 31.3 Å². The minimum atomic E-state index is -0.264. The Morgan fingerprint density at radius 1 is 1.15 bits per heavy atom. The van der Waals surface area contributed by atoms with Crippen molar-refractivity contribution in [3.8, 4) is 5.75 Å². The Bertz CT molecular complexity index is 919. The van der Waals surface area contributed by atoms with Gasteiger partial charge in [-0.2, -0.15) is 0 Å². The van der Waals surface area contributed by atoms with E-state index in [0.29, 0.717) is 23.2 Å². The highest BCUT2D eigenvalue weighted by atomic mass is 32.2. The predicted molar refractivity (Wildman–Crippen MR) is 104 cm³/mol. The van der Waals surface area contributed by atoms with Crippen LogP contribution in [0.5, 0.6) is 5.75 Å². The van der Waals surface area contributed by atoms with Gasteiger partial charge in [-0.25, -0.2) is 9.97 Å². The molecule has 0 atom stereocenters. The molecule has 0 aliphatic heterocycles. The summed E-state index contributed by atoms with van der Waals surface area (Å²) in [5, 5.41) is 3.55. The summed E-state index contributed by atoms with van der Waals surface area (Å²) in [6.07, 6.45) is 0. The highest BCUT2D eigenvalue weighted by Crippen LogP contribution is 2.22. The summed E-state index contributed by atoms with van der Waals surface area (Å²) in [6, 6.07) is 13.0. The first-order valence-electron chi connectivity index (χ1n) is 8.49. The zero-order valence-corrected chi connectivity index (χ0v) is 16.3. The van der Waals surface area contributed by atoms with E-state index in [1.54, 1.807) is 19.2 Å². The van der Waals surface area contributed by atoms with E-state index in [1.165, 1.54) is 11.8 Å². The molecule has 0 radical (unpaired) electrons. The molecule has 1 amide bonds. The molecule has 0 aliphatic carbocycles. The van der Waals surface area contributed by atoms with Crippen LogP contribution in [-0.2, 0) is 12.3 Å². The summed E-state index contributed by atoms with van der Waals surface area (Å²) < 4.78 is 10.9. The number of thioether (sulfide) groups is 1. The number of rotatable bonds is 7. The van der Waals surface area contributed by atoms with Gasteiger partial charge in [-0.05, 0) is 38.1 Å². The van der Waals surface area contributed by atoms with Crippen molar-refractivity contribution in [1.29, 1.82) is 0 Å². The van der Waals surface area contributed by atoms with Crippen LogP contribution >= 0.6 is 11.8 Å². The molecule has 2 aromatic heterocycles. The number of amides is 1. The number of hydrogen-bond acceptors (Lipinski definition) is 6. The van der Waals surface area contributed by atoms with Crippen molar-refractivity contribution in [3.63, 3.8) is 0 Å². The summed E-state index contributed by atoms with van der Waals surface area (Å²) in [5.74, 6) is 2.01. The van der Waals surface area contributed by atoms with Crippen molar-refractivity contribution in [2.24, 2.45) is 0 Å². The Labute approximate surface area is 162 Å². The topological polar surface area (TPSA) is 77.2 Å². The van der Waals surface area contributed by atoms with Crippen LogP contribution in [0.1, 0.15) is 33.3 Å². The lowest BCUT2D eigenvalue weighted by Crippen LogP contribution is -2.22. The zero-order chi connectivity index (χ0) is 19.2. The number of benzene rings is 1. The quantitative estimate of drug-likeness (QED) is 0.492. The van der Waals surface area contributed by atoms with Gasteiger partial charge in [0.1, 0.15) is 11.5 Å². The lowest BCUT2D eigenvalue weighted by molar-refractivity contribution is 0.0921. The zero-order valence-electron chi connectivity index (χ0n) is 15.5. The molecule has 0 unspecified atom stereocenters. The summed E-state index contributed by atoms with van der Waals surface area (Å²) in [6.45, 7) is 4.25. The molecule has 0 spiro atoms. The summed E-state index contributed by atoms with van der Waals surface area (Å²) in [4.78, 5) is 21.1. The third kappa shape index (κ3) is 5.10. The molecule has 0 saturated heterocycles. The normalized spacial score (nSPS) is 10.6. The molecule has 1 aromatic carbocycles. The van der Waals surface area contributed by atoms with Gasteiger partial charge < -0.3 is 14.5 Å². The van der Waals surface area contributed by atoms with Crippen LogP contribution in [0.3, 0.4) is 0 Å². The Morgan fingerprint density at radius 2 is 1.89 bits per heavy atom. The molecule has 0 aliphatic rings. The molecular weight excluding hydrogens is 362 g/mol. The van der Waals surface area contributed by atoms with Crippen LogP contribution < -0.4 is 10.1 Å². The van der Waals surface area contributed by atoms with E-state index in [9.17, 15) is 4.79 Å². The van der Waals surface area contributed by atoms with Gasteiger partial charge in [0.2, 0.25) is 0 Å². The number of ether oxygens (including phenoxy) is 1. The SMILES string of the molecule is COc1ccccc1CNC(=O)c1ccc(CSc2nc(C)cc(C)n2)o1. The highest BCUT2D eigenvalue weighted by Gasteiger charge is 2.13. The van der Waals surface area contributed by atoms with Crippen molar-refractivity contribution < 1.29 is 13.9 Å². The lowest BCUT2D eigenvalue weighted by Gasteiger charge is -2.08. The minimum Gasteiger partial charge on any atom is -0.496 e. The number of nitrogens with zero attached hydrogens (tertiary/aromatic N) is 2. The fraction of sp³-hybridized carbons (Fsp3) is 0.250. The van der Waals surface area contributed by atoms with Gasteiger partial charge in [-0.3, -0.25) is 4.79 Å². The molecule has 2 heterocycles. The number of methoxy groups -OCH3 is 1. The van der Waals surface area contributed by atoms with E-state index in [4.69, 9.17) is 9.15 Å². The number of aromatic nitrogens is 2. The molecule has 27 heavy (non-hydrogen) atoms. The van der Waals surface area contributed by atoms with E-state index in [2.05, 4.69) is 15.3 Å². The largest absolute Gasteiger partial charge is 0.496 e. The average Bonchev–Trinajstić information content (AvgIpc) is 3.13. The van der Waals surface area contributed by atoms with Crippen LogP contribution in [-0.4, -0.2) is 23.0 Å². The van der Waals surface area contributed by atoms with Gasteiger partial charge in [-0.1, -0.05) is 30.0 Å². The van der Waals surface area contributed by atoms with Crippen LogP contribution in [0.2, 0.25) is 0 Å². The van der Waals surface area contributed by atoms with Gasteiger partial charge >= 0.3 is 0 Å². The van der Waals surface area contributed by atoms with E-state index < -0.39 is 0 Å². The Morgan fingerprint density at radius 3 is 2.63 bits per heavy atom. The smallest absolute Gasteiger partial charge is 0.287 e. The monoisotopic (exact) mass is 383 g/mol. The number of hydrogen-bond donors (Lipinski definition) is 1. The number of carbonyl (C=O) groups is 1. The van der Waals surface area contributed by atoms with Crippen LogP contribution in [0.4, 0.5) is 0 Å². The van der Waals surface area contributed by atoms with E-state index in [-0.39, 0.29) is 11.7 Å². The molecule has 0 fully saturated rings. The third-order valence-electron chi connectivity index (χ3n) is 3.82. The van der Waals surface area contributed by atoms with Gasteiger partial charge in [0, 0.05) is 23.5 Å². The molecule has 0 bridgehead atoms. The lowest BCUT2D eigenvalue weighted by atomic mass is 10.2. The molecule has 0 saturated carbocycles. The van der Waals surface area contributed by atoms with E-state index in [0.717, 1.165) is 22.7 Å². The number of nitrogens with one attached hydrogen (secondary N) is 1. The number of carbonyl (C=O) groups excluding carboxylic acids is 1. The second-order valence-corrected chi connectivity index (χ2v) is 6.92. The molecular formula is C20H21N3O3S. The predicted octanol–water partition coefficient (Wildman–Crippen LogP) is 3.92. The maximum absolute atomic E-state index is 12.3. The fourth-order valence-electron chi connectivity index (χ4n) is 2.58. The van der Waals surface area contributed by atoms with Crippen LogP contribution in [0, 0.1) is 13.8 Å². The highest BCUT2D eigenvalue weighted by molar-refractivity contribution is 7.98. The van der Waals surface area contributed by atoms with Gasteiger partial charge in [0.15, 0.2) is 10.9 Å². The van der Waals surface area contributed by atoms with Gasteiger partial charge in [-0.15, -0.1) is 0 Å². The minimum absolute atomic E-state index is 0.264. The third-order valence-corrected chi connectivity index (χ3v) is 4.69. The first kappa shape index (κ1) is 19.0. The Hall–Kier alpha value is -2.80. The van der Waals surface area contributed by atoms with Gasteiger partial charge in [0.05, 0.1) is 12.9 Å². The van der Waals surface area contributed by atoms with Crippen LogP contribution in [0.15, 0.2) is 52.0 Å². The first-order valence-corrected chi connectivity index (χ1v) is 9.47. The molecule has 1 N–H and O–H groups in total. The van der Waals surface area contributed by atoms with Crippen molar-refractivity contribution in [2.75, 3.05) is 7.11 Å². The number of para-hydroxylation sites is 1. The molecule has 3 rings (SSSR count). The van der Waals surface area contributed by atoms with Gasteiger partial charge in [0.25, 0.3) is 5.91 Å². The van der Waals surface area contributed by atoms with Crippen molar-refractivity contribution >= 4 is 17.7 Å².